The van der Waals surface area contributed by atoms with Gasteiger partial charge in [0.2, 0.25) is 5.96 Å². The highest BCUT2D eigenvalue weighted by Crippen LogP contribution is 2.22. The van der Waals surface area contributed by atoms with Gasteiger partial charge in [-0.25, -0.2) is 9.97 Å². The Labute approximate surface area is 184 Å². The number of imidazole rings is 2. The van der Waals surface area contributed by atoms with Crippen LogP contribution in [0.1, 0.15) is 17.1 Å². The molecule has 0 fully saturated rings. The lowest BCUT2D eigenvalue weighted by atomic mass is 10.4. The SMILES string of the molecule is CN=C(NC#N)N(CCSCc1[nH]cnc1C)C(CN=C(N)N)SCc1c[nH]cn1. The zero-order valence-corrected chi connectivity index (χ0v) is 18.6. The highest BCUT2D eigenvalue weighted by molar-refractivity contribution is 7.99. The summed E-state index contributed by atoms with van der Waals surface area (Å²) in [7, 11) is 1.64. The summed E-state index contributed by atoms with van der Waals surface area (Å²) in [5, 5.41) is 11.7. The van der Waals surface area contributed by atoms with Gasteiger partial charge in [0.05, 0.1) is 36.0 Å². The largest absolute Gasteiger partial charge is 0.370 e. The van der Waals surface area contributed by atoms with Crippen LogP contribution in [0.25, 0.3) is 0 Å². The molecule has 162 valence electrons. The molecule has 2 rings (SSSR count). The Balaban J connectivity index is 2.08. The van der Waals surface area contributed by atoms with Crippen LogP contribution in [-0.4, -0.2) is 68.0 Å². The lowest BCUT2D eigenvalue weighted by molar-refractivity contribution is 0.412. The van der Waals surface area contributed by atoms with E-state index in [9.17, 15) is 0 Å². The van der Waals surface area contributed by atoms with Crippen molar-refractivity contribution in [1.29, 1.82) is 5.26 Å². The second-order valence-electron chi connectivity index (χ2n) is 6.09. The maximum Gasteiger partial charge on any atom is 0.208 e. The summed E-state index contributed by atoms with van der Waals surface area (Å²) >= 11 is 3.39. The van der Waals surface area contributed by atoms with Gasteiger partial charge < -0.3 is 26.3 Å². The number of aromatic nitrogens is 4. The Morgan fingerprint density at radius 2 is 2.20 bits per heavy atom. The van der Waals surface area contributed by atoms with Crippen molar-refractivity contribution in [3.63, 3.8) is 0 Å². The maximum atomic E-state index is 9.15. The molecule has 0 saturated heterocycles. The number of nitriles is 1. The van der Waals surface area contributed by atoms with Crippen LogP contribution in [0.4, 0.5) is 0 Å². The van der Waals surface area contributed by atoms with Gasteiger partial charge in [-0.05, 0) is 6.92 Å². The normalized spacial score (nSPS) is 12.2. The molecule has 30 heavy (non-hydrogen) atoms. The van der Waals surface area contributed by atoms with E-state index in [0.29, 0.717) is 24.8 Å². The molecule has 0 radical (unpaired) electrons. The van der Waals surface area contributed by atoms with Crippen LogP contribution in [0.2, 0.25) is 0 Å². The fourth-order valence-electron chi connectivity index (χ4n) is 2.54. The van der Waals surface area contributed by atoms with Gasteiger partial charge in [0.25, 0.3) is 0 Å². The molecule has 2 aromatic rings. The van der Waals surface area contributed by atoms with Crippen molar-refractivity contribution in [1.82, 2.24) is 30.2 Å². The zero-order valence-electron chi connectivity index (χ0n) is 17.0. The number of hydrogen-bond acceptors (Lipinski definition) is 7. The van der Waals surface area contributed by atoms with Gasteiger partial charge >= 0.3 is 0 Å². The quantitative estimate of drug-likeness (QED) is 0.0820. The third-order valence-corrected chi connectivity index (χ3v) is 6.28. The van der Waals surface area contributed by atoms with Crippen LogP contribution in [0.5, 0.6) is 0 Å². The first-order valence-corrected chi connectivity index (χ1v) is 11.3. The molecule has 0 saturated carbocycles. The smallest absolute Gasteiger partial charge is 0.208 e. The average molecular weight is 450 g/mol. The summed E-state index contributed by atoms with van der Waals surface area (Å²) in [6.45, 7) is 2.99. The molecule has 11 nitrogen and oxygen atoms in total. The number of aryl methyl sites for hydroxylation is 1. The summed E-state index contributed by atoms with van der Waals surface area (Å²) < 4.78 is 0. The summed E-state index contributed by atoms with van der Waals surface area (Å²) in [4.78, 5) is 25.1. The van der Waals surface area contributed by atoms with Gasteiger partial charge in [-0.3, -0.25) is 15.3 Å². The van der Waals surface area contributed by atoms with E-state index in [-0.39, 0.29) is 11.3 Å². The minimum Gasteiger partial charge on any atom is -0.370 e. The van der Waals surface area contributed by atoms with Crippen molar-refractivity contribution in [2.75, 3.05) is 25.9 Å². The lowest BCUT2D eigenvalue weighted by Gasteiger charge is -2.32. The van der Waals surface area contributed by atoms with Crippen LogP contribution in [-0.2, 0) is 11.5 Å². The topological polar surface area (TPSA) is 173 Å². The molecular weight excluding hydrogens is 422 g/mol. The predicted octanol–water partition coefficient (Wildman–Crippen LogP) is 0.566. The predicted molar refractivity (Wildman–Crippen MR) is 123 cm³/mol. The Kier molecular flexibility index (Phi) is 9.88. The molecule has 2 heterocycles. The van der Waals surface area contributed by atoms with Crippen molar-refractivity contribution in [3.05, 3.63) is 35.9 Å². The first-order chi connectivity index (χ1) is 14.5. The van der Waals surface area contributed by atoms with Crippen molar-refractivity contribution in [2.45, 2.75) is 23.8 Å². The van der Waals surface area contributed by atoms with Gasteiger partial charge in [0.1, 0.15) is 0 Å². The number of guanidine groups is 2. The van der Waals surface area contributed by atoms with Gasteiger partial charge in [0.15, 0.2) is 12.2 Å². The van der Waals surface area contributed by atoms with E-state index < -0.39 is 0 Å². The molecule has 13 heteroatoms. The fourth-order valence-corrected chi connectivity index (χ4v) is 4.59. The van der Waals surface area contributed by atoms with Crippen molar-refractivity contribution >= 4 is 35.4 Å². The molecule has 0 aromatic carbocycles. The zero-order chi connectivity index (χ0) is 21.8. The molecule has 1 unspecified atom stereocenters. The number of nitrogens with zero attached hydrogens (tertiary/aromatic N) is 6. The molecular formula is C17H27N11S2. The molecule has 0 aliphatic rings. The molecule has 2 aromatic heterocycles. The summed E-state index contributed by atoms with van der Waals surface area (Å²) in [5.74, 6) is 2.79. The van der Waals surface area contributed by atoms with Crippen LogP contribution >= 0.6 is 23.5 Å². The van der Waals surface area contributed by atoms with Gasteiger partial charge in [-0.2, -0.15) is 17.0 Å². The highest BCUT2D eigenvalue weighted by atomic mass is 32.2. The van der Waals surface area contributed by atoms with E-state index in [1.165, 1.54) is 0 Å². The monoisotopic (exact) mass is 449 g/mol. The lowest BCUT2D eigenvalue weighted by Crippen LogP contribution is -2.47. The fraction of sp³-hybridized carbons (Fsp3) is 0.471. The van der Waals surface area contributed by atoms with Crippen molar-refractivity contribution in [3.8, 4) is 6.19 Å². The van der Waals surface area contributed by atoms with E-state index in [2.05, 4.69) is 35.2 Å². The Hall–Kier alpha value is -2.85. The molecule has 0 bridgehead atoms. The van der Waals surface area contributed by atoms with E-state index in [1.807, 2.05) is 24.2 Å². The van der Waals surface area contributed by atoms with Crippen molar-refractivity contribution in [2.24, 2.45) is 21.5 Å². The van der Waals surface area contributed by atoms with E-state index >= 15 is 0 Å². The molecule has 0 aliphatic heterocycles. The Bertz CT molecular complexity index is 849. The maximum absolute atomic E-state index is 9.15. The standard InChI is InChI=1S/C17H27N11S2/c1-12-14(27-11-25-12)8-29-4-3-28(17(21-2)24-9-18)15(6-23-16(19)20)30-7-13-5-22-10-26-13/h5,10-11,15H,3-4,6-8H2,1-2H3,(H,21,24)(H,22,26)(H,25,27)(H4,19,20,23). The van der Waals surface area contributed by atoms with Gasteiger partial charge in [0, 0.05) is 42.7 Å². The third-order valence-electron chi connectivity index (χ3n) is 4.06. The second kappa shape index (κ2) is 12.7. The number of aromatic amines is 2. The van der Waals surface area contributed by atoms with Crippen LogP contribution in [0.3, 0.4) is 0 Å². The highest BCUT2D eigenvalue weighted by Gasteiger charge is 2.23. The molecule has 0 spiro atoms. The Morgan fingerprint density at radius 3 is 2.80 bits per heavy atom. The van der Waals surface area contributed by atoms with Crippen LogP contribution in [0, 0.1) is 18.4 Å². The van der Waals surface area contributed by atoms with E-state index in [1.54, 1.807) is 43.2 Å². The third kappa shape index (κ3) is 7.53. The number of nitrogens with one attached hydrogen (secondary N) is 3. The number of H-pyrrole nitrogens is 2. The van der Waals surface area contributed by atoms with Gasteiger partial charge in [-0.1, -0.05) is 0 Å². The first kappa shape index (κ1) is 23.4. The molecule has 0 amide bonds. The molecule has 7 N–H and O–H groups in total. The number of aliphatic imine (C=N–C) groups is 2. The van der Waals surface area contributed by atoms with E-state index in [4.69, 9.17) is 16.7 Å². The molecule has 0 aliphatic carbocycles. The first-order valence-electron chi connectivity index (χ1n) is 9.15. The minimum atomic E-state index is -0.141. The average Bonchev–Trinajstić information content (AvgIpc) is 3.39. The van der Waals surface area contributed by atoms with Gasteiger partial charge in [-0.15, -0.1) is 11.8 Å². The minimum absolute atomic E-state index is 0.0210. The Morgan fingerprint density at radius 1 is 1.37 bits per heavy atom. The summed E-state index contributed by atoms with van der Waals surface area (Å²) in [5.41, 5.74) is 14.1. The summed E-state index contributed by atoms with van der Waals surface area (Å²) in [6.07, 6.45) is 7.14. The second-order valence-corrected chi connectivity index (χ2v) is 8.36. The summed E-state index contributed by atoms with van der Waals surface area (Å²) in [6, 6.07) is 0. The number of hydrogen-bond donors (Lipinski definition) is 5. The number of nitrogens with two attached hydrogens (primary N) is 2. The van der Waals surface area contributed by atoms with Crippen LogP contribution in [0.15, 0.2) is 28.8 Å². The number of rotatable bonds is 11. The van der Waals surface area contributed by atoms with Crippen molar-refractivity contribution < 1.29 is 0 Å². The number of thioether (sulfide) groups is 2. The van der Waals surface area contributed by atoms with E-state index in [0.717, 1.165) is 28.6 Å². The molecule has 1 atom stereocenters. The van der Waals surface area contributed by atoms with Crippen LogP contribution < -0.4 is 16.8 Å².